The van der Waals surface area contributed by atoms with Gasteiger partial charge in [-0.1, -0.05) is 23.5 Å². The minimum Gasteiger partial charge on any atom is -0.370 e. The Hall–Kier alpha value is -3.72. The molecule has 2 heterocycles. The second kappa shape index (κ2) is 7.36. The van der Waals surface area contributed by atoms with Crippen molar-refractivity contribution in [3.8, 4) is 10.4 Å². The van der Waals surface area contributed by atoms with Crippen molar-refractivity contribution in [2.24, 2.45) is 5.73 Å². The van der Waals surface area contributed by atoms with Crippen LogP contribution in [0, 0.1) is 18.2 Å². The van der Waals surface area contributed by atoms with Crippen LogP contribution in [0.2, 0.25) is 0 Å². The number of hydrogen-bond donors (Lipinski definition) is 5. The first-order chi connectivity index (χ1) is 13.9. The molecule has 7 nitrogen and oxygen atoms in total. The van der Waals surface area contributed by atoms with Crippen molar-refractivity contribution in [2.75, 3.05) is 10.6 Å². The number of aromatic amines is 1. The fourth-order valence-electron chi connectivity index (χ4n) is 2.96. The summed E-state index contributed by atoms with van der Waals surface area (Å²) in [7, 11) is 0. The van der Waals surface area contributed by atoms with Crippen LogP contribution < -0.4 is 16.4 Å². The SMILES string of the molecule is Cc1nc(NC(=N)N)sc1-c1ccc(NC(=O)c2cc3cc(F)ccc3[nH]2)cc1. The van der Waals surface area contributed by atoms with Gasteiger partial charge in [0.05, 0.1) is 10.6 Å². The van der Waals surface area contributed by atoms with Crippen LogP contribution in [0.5, 0.6) is 0 Å². The molecule has 0 saturated carbocycles. The molecular weight excluding hydrogens is 391 g/mol. The molecule has 0 bridgehead atoms. The van der Waals surface area contributed by atoms with E-state index < -0.39 is 0 Å². The molecule has 0 atom stereocenters. The van der Waals surface area contributed by atoms with Gasteiger partial charge in [-0.05, 0) is 48.9 Å². The molecule has 146 valence electrons. The lowest BCUT2D eigenvalue weighted by Crippen LogP contribution is -2.20. The number of nitrogens with zero attached hydrogens (tertiary/aromatic N) is 1. The zero-order chi connectivity index (χ0) is 20.5. The monoisotopic (exact) mass is 408 g/mol. The van der Waals surface area contributed by atoms with Gasteiger partial charge in [-0.2, -0.15) is 0 Å². The van der Waals surface area contributed by atoms with Gasteiger partial charge in [0.2, 0.25) is 0 Å². The normalized spacial score (nSPS) is 10.8. The fraction of sp³-hybridized carbons (Fsp3) is 0.0500. The number of hydrogen-bond acceptors (Lipinski definition) is 4. The summed E-state index contributed by atoms with van der Waals surface area (Å²) in [6, 6.07) is 13.3. The molecule has 6 N–H and O–H groups in total. The Morgan fingerprint density at radius 2 is 1.93 bits per heavy atom. The largest absolute Gasteiger partial charge is 0.370 e. The van der Waals surface area contributed by atoms with E-state index in [9.17, 15) is 9.18 Å². The van der Waals surface area contributed by atoms with Gasteiger partial charge in [-0.25, -0.2) is 9.37 Å². The summed E-state index contributed by atoms with van der Waals surface area (Å²) in [6.45, 7) is 1.88. The van der Waals surface area contributed by atoms with Crippen LogP contribution in [0.4, 0.5) is 15.2 Å². The van der Waals surface area contributed by atoms with E-state index in [1.807, 2.05) is 19.1 Å². The predicted molar refractivity (Wildman–Crippen MR) is 114 cm³/mol. The van der Waals surface area contributed by atoms with E-state index >= 15 is 0 Å². The summed E-state index contributed by atoms with van der Waals surface area (Å²) in [5.41, 5.74) is 8.79. The molecule has 9 heteroatoms. The number of amides is 1. The van der Waals surface area contributed by atoms with Crippen molar-refractivity contribution in [2.45, 2.75) is 6.92 Å². The van der Waals surface area contributed by atoms with Gasteiger partial charge in [0, 0.05) is 16.6 Å². The quantitative estimate of drug-likeness (QED) is 0.255. The molecular formula is C20H17FN6OS. The second-order valence-electron chi connectivity index (χ2n) is 6.42. The van der Waals surface area contributed by atoms with Crippen LogP contribution >= 0.6 is 11.3 Å². The molecule has 2 aromatic heterocycles. The minimum absolute atomic E-state index is 0.164. The summed E-state index contributed by atoms with van der Waals surface area (Å²) in [5, 5.41) is 14.0. The van der Waals surface area contributed by atoms with E-state index in [0.29, 0.717) is 27.4 Å². The van der Waals surface area contributed by atoms with E-state index in [-0.39, 0.29) is 17.7 Å². The summed E-state index contributed by atoms with van der Waals surface area (Å²) in [4.78, 5) is 20.8. The lowest BCUT2D eigenvalue weighted by atomic mass is 10.1. The fourth-order valence-corrected chi connectivity index (χ4v) is 3.95. The molecule has 0 fully saturated rings. The Kier molecular flexibility index (Phi) is 4.73. The Labute approximate surface area is 169 Å². The number of H-pyrrole nitrogens is 1. The van der Waals surface area contributed by atoms with Crippen molar-refractivity contribution < 1.29 is 9.18 Å². The number of nitrogens with two attached hydrogens (primary N) is 1. The number of rotatable bonds is 4. The lowest BCUT2D eigenvalue weighted by Gasteiger charge is -2.05. The highest BCUT2D eigenvalue weighted by molar-refractivity contribution is 7.19. The molecule has 1 amide bonds. The summed E-state index contributed by atoms with van der Waals surface area (Å²) >= 11 is 1.40. The second-order valence-corrected chi connectivity index (χ2v) is 7.42. The summed E-state index contributed by atoms with van der Waals surface area (Å²) in [6.07, 6.45) is 0. The number of aryl methyl sites for hydroxylation is 1. The van der Waals surface area contributed by atoms with Gasteiger partial charge in [0.15, 0.2) is 11.1 Å². The van der Waals surface area contributed by atoms with Crippen LogP contribution in [-0.4, -0.2) is 21.8 Å². The maximum atomic E-state index is 13.3. The Morgan fingerprint density at radius 3 is 2.66 bits per heavy atom. The van der Waals surface area contributed by atoms with Gasteiger partial charge < -0.3 is 21.4 Å². The number of benzene rings is 2. The topological polar surface area (TPSA) is 120 Å². The third-order valence-corrected chi connectivity index (χ3v) is 5.39. The molecule has 4 rings (SSSR count). The molecule has 4 aromatic rings. The van der Waals surface area contributed by atoms with Crippen molar-refractivity contribution in [1.82, 2.24) is 9.97 Å². The van der Waals surface area contributed by atoms with Crippen LogP contribution in [0.25, 0.3) is 21.3 Å². The van der Waals surface area contributed by atoms with Gasteiger partial charge >= 0.3 is 0 Å². The zero-order valence-corrected chi connectivity index (χ0v) is 16.2. The number of carbonyl (C=O) groups is 1. The maximum Gasteiger partial charge on any atom is 0.272 e. The highest BCUT2D eigenvalue weighted by Gasteiger charge is 2.12. The molecule has 2 aromatic carbocycles. The third kappa shape index (κ3) is 3.94. The van der Waals surface area contributed by atoms with Gasteiger partial charge in [0.25, 0.3) is 5.91 Å². The highest BCUT2D eigenvalue weighted by Crippen LogP contribution is 2.33. The van der Waals surface area contributed by atoms with Crippen molar-refractivity contribution in [3.05, 3.63) is 65.7 Å². The van der Waals surface area contributed by atoms with E-state index in [4.69, 9.17) is 11.1 Å². The molecule has 0 spiro atoms. The Morgan fingerprint density at radius 1 is 1.17 bits per heavy atom. The molecule has 0 saturated heterocycles. The summed E-state index contributed by atoms with van der Waals surface area (Å²) in [5.74, 6) is -0.821. The Bertz CT molecular complexity index is 1230. The molecule has 0 unspecified atom stereocenters. The highest BCUT2D eigenvalue weighted by atomic mass is 32.1. The summed E-state index contributed by atoms with van der Waals surface area (Å²) < 4.78 is 13.3. The van der Waals surface area contributed by atoms with Crippen molar-refractivity contribution in [3.63, 3.8) is 0 Å². The predicted octanol–water partition coefficient (Wildman–Crippen LogP) is 4.30. The van der Waals surface area contributed by atoms with Gasteiger partial charge in [-0.3, -0.25) is 10.2 Å². The standard InChI is InChI=1S/C20H17FN6OS/c1-10-17(29-20(24-10)27-19(22)23)11-2-5-14(6-3-11)25-18(28)16-9-12-8-13(21)4-7-15(12)26-16/h2-9,26H,1H3,(H,25,28)(H4,22,23,24,27). The molecule has 0 radical (unpaired) electrons. The van der Waals surface area contributed by atoms with E-state index in [0.717, 1.165) is 16.1 Å². The molecule has 29 heavy (non-hydrogen) atoms. The van der Waals surface area contributed by atoms with Crippen LogP contribution in [0.3, 0.4) is 0 Å². The zero-order valence-electron chi connectivity index (χ0n) is 15.3. The number of aromatic nitrogens is 2. The minimum atomic E-state index is -0.348. The number of nitrogens with one attached hydrogen (secondary N) is 4. The molecule has 0 aliphatic heterocycles. The Balaban J connectivity index is 1.51. The van der Waals surface area contributed by atoms with E-state index in [2.05, 4.69) is 20.6 Å². The number of anilines is 2. The average Bonchev–Trinajstić information content (AvgIpc) is 3.24. The first kappa shape index (κ1) is 18.6. The van der Waals surface area contributed by atoms with Gasteiger partial charge in [0.1, 0.15) is 11.5 Å². The maximum absolute atomic E-state index is 13.3. The third-order valence-electron chi connectivity index (χ3n) is 4.27. The van der Waals surface area contributed by atoms with E-state index in [1.54, 1.807) is 24.3 Å². The number of carbonyl (C=O) groups excluding carboxylic acids is 1. The first-order valence-electron chi connectivity index (χ1n) is 8.67. The van der Waals surface area contributed by atoms with Crippen molar-refractivity contribution in [1.29, 1.82) is 5.41 Å². The average molecular weight is 408 g/mol. The van der Waals surface area contributed by atoms with Crippen molar-refractivity contribution >= 4 is 44.9 Å². The smallest absolute Gasteiger partial charge is 0.272 e. The van der Waals surface area contributed by atoms with Gasteiger partial charge in [-0.15, -0.1) is 0 Å². The van der Waals surface area contributed by atoms with Crippen LogP contribution in [0.1, 0.15) is 16.2 Å². The number of thiazole rings is 1. The molecule has 0 aliphatic rings. The lowest BCUT2D eigenvalue weighted by molar-refractivity contribution is 0.102. The van der Waals surface area contributed by atoms with Crippen LogP contribution in [-0.2, 0) is 0 Å². The number of fused-ring (bicyclic) bond motifs is 1. The number of guanidine groups is 1. The van der Waals surface area contributed by atoms with E-state index in [1.165, 1.54) is 23.5 Å². The van der Waals surface area contributed by atoms with Crippen LogP contribution in [0.15, 0.2) is 48.5 Å². The molecule has 0 aliphatic carbocycles. The number of halogens is 1. The first-order valence-corrected chi connectivity index (χ1v) is 9.49.